The number of aromatic nitrogens is 2. The van der Waals surface area contributed by atoms with E-state index in [0.29, 0.717) is 16.9 Å². The molecule has 0 saturated carbocycles. The van der Waals surface area contributed by atoms with Gasteiger partial charge in [-0.2, -0.15) is 5.10 Å². The van der Waals surface area contributed by atoms with Crippen molar-refractivity contribution in [1.82, 2.24) is 10.2 Å². The third-order valence-electron chi connectivity index (χ3n) is 3.81. The molecule has 2 aromatic carbocycles. The molecule has 0 fully saturated rings. The van der Waals surface area contributed by atoms with E-state index < -0.39 is 5.91 Å². The largest absolute Gasteiger partial charge is 0.507 e. The highest BCUT2D eigenvalue weighted by atomic mass is 35.5. The van der Waals surface area contributed by atoms with Gasteiger partial charge in [0.25, 0.3) is 5.91 Å². The number of hydrogen-bond donors (Lipinski definition) is 3. The van der Waals surface area contributed by atoms with Gasteiger partial charge in [-0.3, -0.25) is 9.89 Å². The number of benzene rings is 2. The average molecular weight is 403 g/mol. The Morgan fingerprint density at radius 2 is 1.89 bits per heavy atom. The number of H-pyrrole nitrogens is 1. The second-order valence-electron chi connectivity index (χ2n) is 5.33. The number of rotatable bonds is 5. The molecule has 0 aliphatic rings. The van der Waals surface area contributed by atoms with Crippen LogP contribution in [0.4, 0.5) is 5.69 Å². The van der Waals surface area contributed by atoms with Crippen molar-refractivity contribution >= 4 is 23.2 Å². The zero-order valence-electron chi connectivity index (χ0n) is 15.5. The number of methoxy groups -OCH3 is 1. The molecule has 3 aromatic rings. The van der Waals surface area contributed by atoms with Crippen LogP contribution >= 0.6 is 11.6 Å². The summed E-state index contributed by atoms with van der Waals surface area (Å²) in [5.74, 6) is -0.348. The highest BCUT2D eigenvalue weighted by molar-refractivity contribution is 6.33. The first kappa shape index (κ1) is 20.9. The SMILES string of the molecule is CC.COc1ccc(-c2c(-c3cc(Cl)c(N=O)cc3O)n[nH]c2C(N)=O)cc1. The summed E-state index contributed by atoms with van der Waals surface area (Å²) in [6, 6.07) is 9.34. The van der Waals surface area contributed by atoms with Gasteiger partial charge >= 0.3 is 0 Å². The van der Waals surface area contributed by atoms with E-state index in [1.807, 2.05) is 13.8 Å². The quantitative estimate of drug-likeness (QED) is 0.535. The van der Waals surface area contributed by atoms with E-state index in [1.54, 1.807) is 24.3 Å². The van der Waals surface area contributed by atoms with E-state index in [9.17, 15) is 14.8 Å². The first-order valence-corrected chi connectivity index (χ1v) is 8.73. The molecule has 0 aliphatic carbocycles. The normalized spacial score (nSPS) is 10.0. The number of carbonyl (C=O) groups is 1. The summed E-state index contributed by atoms with van der Waals surface area (Å²) in [5, 5.41) is 19.7. The lowest BCUT2D eigenvalue weighted by Gasteiger charge is -2.09. The number of primary amides is 1. The molecule has 4 N–H and O–H groups in total. The number of amides is 1. The van der Waals surface area contributed by atoms with Crippen molar-refractivity contribution in [3.63, 3.8) is 0 Å². The molecule has 3 rings (SSSR count). The molecular weight excluding hydrogens is 384 g/mol. The molecule has 1 aromatic heterocycles. The Labute approximate surface area is 166 Å². The number of hydrogen-bond acceptors (Lipinski definition) is 6. The van der Waals surface area contributed by atoms with Crippen LogP contribution < -0.4 is 10.5 Å². The van der Waals surface area contributed by atoms with Crippen LogP contribution in [-0.2, 0) is 0 Å². The van der Waals surface area contributed by atoms with Crippen molar-refractivity contribution in [3.05, 3.63) is 52.0 Å². The van der Waals surface area contributed by atoms with E-state index >= 15 is 0 Å². The Balaban J connectivity index is 0.00000136. The molecule has 0 spiro atoms. The highest BCUT2D eigenvalue weighted by Crippen LogP contribution is 2.42. The van der Waals surface area contributed by atoms with Crippen LogP contribution in [0.25, 0.3) is 22.4 Å². The van der Waals surface area contributed by atoms with Gasteiger partial charge in [-0.15, -0.1) is 4.91 Å². The second kappa shape index (κ2) is 9.01. The molecule has 1 amide bonds. The topological polar surface area (TPSA) is 131 Å². The summed E-state index contributed by atoms with van der Waals surface area (Å²) in [5.41, 5.74) is 6.87. The number of carbonyl (C=O) groups excluding carboxylic acids is 1. The van der Waals surface area contributed by atoms with Crippen LogP contribution in [-0.4, -0.2) is 28.3 Å². The maximum atomic E-state index is 11.8. The molecule has 1 heterocycles. The fraction of sp³-hybridized carbons (Fsp3) is 0.158. The Morgan fingerprint density at radius 3 is 2.43 bits per heavy atom. The predicted octanol–water partition coefficient (Wildman–Crippen LogP) is 4.63. The van der Waals surface area contributed by atoms with Crippen LogP contribution in [0.5, 0.6) is 11.5 Å². The Bertz CT molecular complexity index is 1000. The van der Waals surface area contributed by atoms with E-state index in [4.69, 9.17) is 22.1 Å². The average Bonchev–Trinajstić information content (AvgIpc) is 3.16. The zero-order chi connectivity index (χ0) is 20.8. The summed E-state index contributed by atoms with van der Waals surface area (Å²) < 4.78 is 5.13. The van der Waals surface area contributed by atoms with E-state index in [2.05, 4.69) is 15.4 Å². The number of phenols is 1. The number of ether oxygens (including phenoxy) is 1. The third kappa shape index (κ3) is 3.96. The maximum Gasteiger partial charge on any atom is 0.267 e. The van der Waals surface area contributed by atoms with Gasteiger partial charge in [-0.05, 0) is 28.9 Å². The summed E-state index contributed by atoms with van der Waals surface area (Å²) in [7, 11) is 1.54. The van der Waals surface area contributed by atoms with Crippen molar-refractivity contribution in [3.8, 4) is 33.9 Å². The van der Waals surface area contributed by atoms with E-state index in [1.165, 1.54) is 13.2 Å². The lowest BCUT2D eigenvalue weighted by molar-refractivity contribution is 0.0996. The standard InChI is InChI=1S/C17H13ClN4O4.C2H6/c1-26-9-4-2-8(3-5-9)14-15(20-21-16(14)17(19)24)10-6-11(18)12(22-25)7-13(10)23;1-2/h2-7,23H,1H3,(H2,19,24)(H,20,21);1-2H3. The lowest BCUT2D eigenvalue weighted by Crippen LogP contribution is -2.12. The van der Waals surface area contributed by atoms with Crippen molar-refractivity contribution in [2.45, 2.75) is 13.8 Å². The van der Waals surface area contributed by atoms with Gasteiger partial charge in [0.2, 0.25) is 0 Å². The van der Waals surface area contributed by atoms with Gasteiger partial charge in [0.1, 0.15) is 28.6 Å². The van der Waals surface area contributed by atoms with Crippen LogP contribution in [0, 0.1) is 4.91 Å². The molecule has 0 unspecified atom stereocenters. The number of nitroso groups, excluding NO2 is 1. The van der Waals surface area contributed by atoms with Crippen molar-refractivity contribution < 1.29 is 14.6 Å². The molecule has 0 bridgehead atoms. The fourth-order valence-electron chi connectivity index (χ4n) is 2.56. The second-order valence-corrected chi connectivity index (χ2v) is 5.73. The van der Waals surface area contributed by atoms with Crippen LogP contribution in [0.1, 0.15) is 24.3 Å². The Hall–Kier alpha value is -3.39. The first-order chi connectivity index (χ1) is 13.5. The molecule has 9 heteroatoms. The number of aromatic amines is 1. The van der Waals surface area contributed by atoms with Gasteiger partial charge in [-0.1, -0.05) is 37.6 Å². The van der Waals surface area contributed by atoms with E-state index in [-0.39, 0.29) is 33.4 Å². The fourth-order valence-corrected chi connectivity index (χ4v) is 2.76. The minimum Gasteiger partial charge on any atom is -0.507 e. The number of halogens is 1. The monoisotopic (exact) mass is 402 g/mol. The van der Waals surface area contributed by atoms with Crippen molar-refractivity contribution in [1.29, 1.82) is 0 Å². The zero-order valence-corrected chi connectivity index (χ0v) is 16.2. The minimum absolute atomic E-state index is 0.0390. The molecule has 28 heavy (non-hydrogen) atoms. The lowest BCUT2D eigenvalue weighted by atomic mass is 9.97. The van der Waals surface area contributed by atoms with Crippen LogP contribution in [0.15, 0.2) is 41.6 Å². The number of nitrogens with two attached hydrogens (primary N) is 1. The first-order valence-electron chi connectivity index (χ1n) is 8.35. The molecule has 0 atom stereocenters. The highest BCUT2D eigenvalue weighted by Gasteiger charge is 2.23. The van der Waals surface area contributed by atoms with Gasteiger partial charge in [0.05, 0.1) is 12.1 Å². The molecule has 8 nitrogen and oxygen atoms in total. The van der Waals surface area contributed by atoms with Crippen LogP contribution in [0.3, 0.4) is 0 Å². The summed E-state index contributed by atoms with van der Waals surface area (Å²) >= 11 is 6.01. The Kier molecular flexibility index (Phi) is 6.73. The molecule has 0 saturated heterocycles. The van der Waals surface area contributed by atoms with Gasteiger partial charge in [0.15, 0.2) is 0 Å². The molecular formula is C19H19ClN4O4. The number of aromatic hydroxyl groups is 1. The van der Waals surface area contributed by atoms with Crippen LogP contribution in [0.2, 0.25) is 5.02 Å². The van der Waals surface area contributed by atoms with Crippen molar-refractivity contribution in [2.75, 3.05) is 7.11 Å². The summed E-state index contributed by atoms with van der Waals surface area (Å²) in [6.45, 7) is 4.00. The number of nitrogens with zero attached hydrogens (tertiary/aromatic N) is 2. The summed E-state index contributed by atoms with van der Waals surface area (Å²) in [4.78, 5) is 22.5. The van der Waals surface area contributed by atoms with Gasteiger partial charge in [-0.25, -0.2) is 0 Å². The summed E-state index contributed by atoms with van der Waals surface area (Å²) in [6.07, 6.45) is 0. The maximum absolute atomic E-state index is 11.8. The molecule has 0 radical (unpaired) electrons. The predicted molar refractivity (Wildman–Crippen MR) is 108 cm³/mol. The van der Waals surface area contributed by atoms with E-state index in [0.717, 1.165) is 6.07 Å². The number of phenolic OH excluding ortho intramolecular Hbond substituents is 1. The minimum atomic E-state index is -0.716. The molecule has 146 valence electrons. The van der Waals surface area contributed by atoms with Crippen molar-refractivity contribution in [2.24, 2.45) is 10.9 Å². The number of nitrogens with one attached hydrogen (secondary N) is 1. The third-order valence-corrected chi connectivity index (χ3v) is 4.11. The van der Waals surface area contributed by atoms with Gasteiger partial charge < -0.3 is 15.6 Å². The molecule has 0 aliphatic heterocycles. The Morgan fingerprint density at radius 1 is 1.25 bits per heavy atom. The smallest absolute Gasteiger partial charge is 0.267 e. The van der Waals surface area contributed by atoms with Gasteiger partial charge in [0, 0.05) is 17.2 Å².